The third-order valence-corrected chi connectivity index (χ3v) is 8.83. The Kier molecular flexibility index (Phi) is 6.80. The zero-order valence-corrected chi connectivity index (χ0v) is 22.0. The van der Waals surface area contributed by atoms with Gasteiger partial charge in [0.1, 0.15) is 11.8 Å². The second-order valence-corrected chi connectivity index (χ2v) is 11.7. The molecule has 0 amide bonds. The molecule has 40 heavy (non-hydrogen) atoms. The van der Waals surface area contributed by atoms with Crippen molar-refractivity contribution in [3.8, 4) is 0 Å². The first-order chi connectivity index (χ1) is 19.1. The van der Waals surface area contributed by atoms with E-state index in [0.29, 0.717) is 30.4 Å². The van der Waals surface area contributed by atoms with Gasteiger partial charge in [0, 0.05) is 30.5 Å². The number of phosphoric ester groups is 1. The van der Waals surface area contributed by atoms with Crippen molar-refractivity contribution in [1.82, 2.24) is 39.0 Å². The lowest BCUT2D eigenvalue weighted by Crippen LogP contribution is -2.22. The number of aliphatic hydroxyl groups is 2. The van der Waals surface area contributed by atoms with Crippen molar-refractivity contribution in [3.63, 3.8) is 0 Å². The molecule has 18 heteroatoms. The van der Waals surface area contributed by atoms with Crippen LogP contribution in [0.4, 0.5) is 11.8 Å². The average molecular weight is 577 g/mol. The first-order valence-electron chi connectivity index (χ1n) is 12.7. The Balaban J connectivity index is 1.10. The van der Waals surface area contributed by atoms with Gasteiger partial charge in [0.25, 0.3) is 5.56 Å². The van der Waals surface area contributed by atoms with Crippen LogP contribution in [-0.4, -0.2) is 79.6 Å². The molecule has 2 saturated carbocycles. The number of hydrogen-bond donors (Lipinski definition) is 6. The minimum Gasteiger partial charge on any atom is -0.396 e. The van der Waals surface area contributed by atoms with E-state index in [4.69, 9.17) is 20.5 Å². The summed E-state index contributed by atoms with van der Waals surface area (Å²) in [6.07, 6.45) is 4.22. The molecule has 2 aliphatic carbocycles. The van der Waals surface area contributed by atoms with Crippen LogP contribution in [-0.2, 0) is 13.6 Å². The van der Waals surface area contributed by atoms with Gasteiger partial charge in [-0.1, -0.05) is 0 Å². The van der Waals surface area contributed by atoms with Gasteiger partial charge in [-0.25, -0.2) is 24.5 Å². The standard InChI is InChI=1S/C22H29N10O7P/c23-18-16-19(26-7-25-18)31(8-27-16)12-2-11(14(34)3-12)6-38-40(36,37)39-15-4-13(1-10(15)5-33)32-9-28-17-20(32)29-22(24)30-21(17)35/h7-15,33-34H,1-6H2,(H,36,37)(H2,23,25,26)(H3,24,29,30,35)/t10-,11-,12-,13-,14+,15+/m1/s1. The van der Waals surface area contributed by atoms with Gasteiger partial charge in [-0.05, 0) is 25.7 Å². The Morgan fingerprint density at radius 2 is 1.70 bits per heavy atom. The zero-order valence-electron chi connectivity index (χ0n) is 21.1. The number of nitrogens with two attached hydrogens (primary N) is 2. The van der Waals surface area contributed by atoms with Gasteiger partial charge in [-0.3, -0.25) is 18.8 Å². The van der Waals surface area contributed by atoms with Gasteiger partial charge in [-0.15, -0.1) is 0 Å². The van der Waals surface area contributed by atoms with E-state index in [2.05, 4.69) is 29.9 Å². The van der Waals surface area contributed by atoms with E-state index in [9.17, 15) is 24.5 Å². The summed E-state index contributed by atoms with van der Waals surface area (Å²) in [5.74, 6) is -0.725. The molecule has 2 fully saturated rings. The number of nitrogen functional groups attached to an aromatic ring is 2. The van der Waals surface area contributed by atoms with Crippen LogP contribution in [0.3, 0.4) is 0 Å². The number of imidazole rings is 2. The van der Waals surface area contributed by atoms with E-state index in [1.807, 2.05) is 4.57 Å². The number of rotatable bonds is 8. The highest BCUT2D eigenvalue weighted by Crippen LogP contribution is 2.51. The van der Waals surface area contributed by atoms with Crippen LogP contribution in [0.5, 0.6) is 0 Å². The molecule has 0 saturated heterocycles. The number of aromatic amines is 1. The Morgan fingerprint density at radius 3 is 2.48 bits per heavy atom. The third kappa shape index (κ3) is 4.84. The molecule has 4 heterocycles. The predicted molar refractivity (Wildman–Crippen MR) is 140 cm³/mol. The molecule has 0 bridgehead atoms. The molecule has 0 spiro atoms. The van der Waals surface area contributed by atoms with Crippen molar-refractivity contribution in [2.24, 2.45) is 11.8 Å². The van der Waals surface area contributed by atoms with Crippen molar-refractivity contribution >= 4 is 41.9 Å². The number of aromatic nitrogens is 8. The molecule has 0 radical (unpaired) electrons. The molecule has 1 unspecified atom stereocenters. The van der Waals surface area contributed by atoms with E-state index in [1.54, 1.807) is 10.9 Å². The lowest BCUT2D eigenvalue weighted by molar-refractivity contribution is 0.0428. The number of hydrogen-bond acceptors (Lipinski definition) is 13. The van der Waals surface area contributed by atoms with Crippen molar-refractivity contribution in [2.75, 3.05) is 24.7 Å². The second-order valence-electron chi connectivity index (χ2n) is 10.3. The highest BCUT2D eigenvalue weighted by atomic mass is 31.2. The molecule has 0 aromatic carbocycles. The van der Waals surface area contributed by atoms with Gasteiger partial charge in [-0.2, -0.15) is 4.98 Å². The van der Waals surface area contributed by atoms with Gasteiger partial charge >= 0.3 is 7.82 Å². The van der Waals surface area contributed by atoms with Crippen LogP contribution < -0.4 is 17.0 Å². The first-order valence-corrected chi connectivity index (χ1v) is 14.2. The topological polar surface area (TPSA) is 255 Å². The maximum Gasteiger partial charge on any atom is 0.472 e. The molecule has 214 valence electrons. The van der Waals surface area contributed by atoms with Crippen molar-refractivity contribution in [3.05, 3.63) is 29.3 Å². The van der Waals surface area contributed by atoms with Crippen LogP contribution in [0.25, 0.3) is 22.3 Å². The summed E-state index contributed by atoms with van der Waals surface area (Å²) < 4.78 is 27.2. The average Bonchev–Trinajstić information content (AvgIpc) is 3.67. The fraction of sp³-hybridized carbons (Fsp3) is 0.545. The fourth-order valence-electron chi connectivity index (χ4n) is 5.83. The lowest BCUT2D eigenvalue weighted by atomic mass is 10.1. The van der Waals surface area contributed by atoms with Crippen molar-refractivity contribution in [1.29, 1.82) is 0 Å². The Hall–Kier alpha value is -3.47. The Bertz CT molecular complexity index is 1660. The summed E-state index contributed by atoms with van der Waals surface area (Å²) in [5.41, 5.74) is 12.5. The lowest BCUT2D eigenvalue weighted by Gasteiger charge is -2.22. The summed E-state index contributed by atoms with van der Waals surface area (Å²) in [6, 6.07) is -0.489. The summed E-state index contributed by atoms with van der Waals surface area (Å²) in [6.45, 7) is -0.507. The number of anilines is 2. The molecule has 7 atom stereocenters. The second kappa shape index (κ2) is 10.2. The predicted octanol–water partition coefficient (Wildman–Crippen LogP) is -0.119. The fourth-order valence-corrected chi connectivity index (χ4v) is 6.87. The van der Waals surface area contributed by atoms with Crippen molar-refractivity contribution in [2.45, 2.75) is 50.0 Å². The minimum absolute atomic E-state index is 0.0630. The van der Waals surface area contributed by atoms with Gasteiger partial charge in [0.05, 0.1) is 31.5 Å². The minimum atomic E-state index is -4.56. The van der Waals surface area contributed by atoms with E-state index >= 15 is 0 Å². The number of fused-ring (bicyclic) bond motifs is 2. The van der Waals surface area contributed by atoms with Crippen LogP contribution in [0.15, 0.2) is 23.8 Å². The van der Waals surface area contributed by atoms with E-state index in [0.717, 1.165) is 0 Å². The molecule has 6 rings (SSSR count). The monoisotopic (exact) mass is 576 g/mol. The van der Waals surface area contributed by atoms with Crippen LogP contribution in [0.2, 0.25) is 0 Å². The summed E-state index contributed by atoms with van der Waals surface area (Å²) in [4.78, 5) is 45.8. The summed E-state index contributed by atoms with van der Waals surface area (Å²) >= 11 is 0. The molecule has 4 aromatic rings. The van der Waals surface area contributed by atoms with Gasteiger partial charge in [0.15, 0.2) is 22.6 Å². The quantitative estimate of drug-likeness (QED) is 0.150. The van der Waals surface area contributed by atoms with Crippen LogP contribution in [0.1, 0.15) is 37.8 Å². The van der Waals surface area contributed by atoms with Crippen molar-refractivity contribution < 1.29 is 28.7 Å². The number of nitrogens with one attached hydrogen (secondary N) is 1. The van der Waals surface area contributed by atoms with Crippen LogP contribution >= 0.6 is 7.82 Å². The maximum atomic E-state index is 12.9. The Labute approximate surface area is 225 Å². The summed E-state index contributed by atoms with van der Waals surface area (Å²) in [5, 5.41) is 20.6. The maximum absolute atomic E-state index is 12.9. The molecule has 4 aromatic heterocycles. The Morgan fingerprint density at radius 1 is 1.00 bits per heavy atom. The summed E-state index contributed by atoms with van der Waals surface area (Å²) in [7, 11) is -4.56. The number of phosphoric acid groups is 1. The molecule has 8 N–H and O–H groups in total. The number of aliphatic hydroxyl groups excluding tert-OH is 2. The van der Waals surface area contributed by atoms with E-state index in [-0.39, 0.29) is 54.6 Å². The molecular weight excluding hydrogens is 547 g/mol. The van der Waals surface area contributed by atoms with E-state index in [1.165, 1.54) is 12.7 Å². The third-order valence-electron chi connectivity index (χ3n) is 7.82. The smallest absolute Gasteiger partial charge is 0.396 e. The normalized spacial score (nSPS) is 28.5. The SMILES string of the molecule is Nc1nc2c(ncn2[C@@H]2C[C@H](CO)[C@@H](OP(=O)(O)OC[C@H]3C[C@@H](n4cnc5c(N)ncnc54)C[C@@H]3O)C2)c(=O)[nH]1. The zero-order chi connectivity index (χ0) is 28.2. The van der Waals surface area contributed by atoms with E-state index < -0.39 is 37.4 Å². The number of nitrogens with zero attached hydrogens (tertiary/aromatic N) is 7. The largest absolute Gasteiger partial charge is 0.472 e. The highest BCUT2D eigenvalue weighted by molar-refractivity contribution is 7.47. The number of H-pyrrole nitrogens is 1. The first kappa shape index (κ1) is 26.7. The molecule has 0 aliphatic heterocycles. The molecule has 17 nitrogen and oxygen atoms in total. The van der Waals surface area contributed by atoms with Crippen LogP contribution in [0, 0.1) is 11.8 Å². The highest BCUT2D eigenvalue weighted by Gasteiger charge is 2.42. The van der Waals surface area contributed by atoms with Gasteiger partial charge in [0.2, 0.25) is 5.95 Å². The molecule has 2 aliphatic rings. The molecular formula is C22H29N10O7P. The van der Waals surface area contributed by atoms with Gasteiger partial charge < -0.3 is 35.7 Å².